The van der Waals surface area contributed by atoms with Crippen LogP contribution in [0, 0.1) is 0 Å². The highest BCUT2D eigenvalue weighted by Gasteiger charge is 2.33. The van der Waals surface area contributed by atoms with Crippen LogP contribution in [0.2, 0.25) is 0 Å². The summed E-state index contributed by atoms with van der Waals surface area (Å²) in [4.78, 5) is 2.97. The smallest absolute Gasteiger partial charge is 0.427 e. The number of thiazole rings is 1. The Hall–Kier alpha value is -1.56. The summed E-state index contributed by atoms with van der Waals surface area (Å²) in [7, 11) is 0. The van der Waals surface area contributed by atoms with Gasteiger partial charge < -0.3 is 5.11 Å². The molecule has 2 nitrogen and oxygen atoms in total. The highest BCUT2D eigenvalue weighted by Crippen LogP contribution is 2.36. The van der Waals surface area contributed by atoms with E-state index in [1.165, 1.54) is 24.3 Å². The number of benzene rings is 1. The van der Waals surface area contributed by atoms with Crippen molar-refractivity contribution in [3.8, 4) is 16.3 Å². The van der Waals surface area contributed by atoms with Gasteiger partial charge >= 0.3 is 6.18 Å². The molecule has 1 aromatic heterocycles. The van der Waals surface area contributed by atoms with Gasteiger partial charge in [0.1, 0.15) is 15.6 Å². The van der Waals surface area contributed by atoms with E-state index in [9.17, 15) is 13.2 Å². The van der Waals surface area contributed by atoms with Crippen molar-refractivity contribution in [2.24, 2.45) is 0 Å². The van der Waals surface area contributed by atoms with Gasteiger partial charge in [0.05, 0.1) is 6.20 Å². The molecule has 0 unspecified atom stereocenters. The fourth-order valence-electron chi connectivity index (χ4n) is 1.14. The average Bonchev–Trinajstić information content (AvgIpc) is 2.67. The Bertz CT molecular complexity index is 490. The Balaban J connectivity index is 2.35. The average molecular weight is 245 g/mol. The topological polar surface area (TPSA) is 33.1 Å². The van der Waals surface area contributed by atoms with Gasteiger partial charge in [-0.3, -0.25) is 0 Å². The molecule has 1 N–H and O–H groups in total. The lowest BCUT2D eigenvalue weighted by atomic mass is 10.2. The van der Waals surface area contributed by atoms with E-state index in [-0.39, 0.29) is 10.8 Å². The quantitative estimate of drug-likeness (QED) is 0.833. The number of halogens is 3. The predicted octanol–water partition coefficient (Wildman–Crippen LogP) is 3.53. The second-order valence-electron chi connectivity index (χ2n) is 3.07. The number of phenolic OH excluding ortho intramolecular Hbond substituents is 1. The minimum Gasteiger partial charge on any atom is -0.508 e. The molecule has 2 aromatic rings. The van der Waals surface area contributed by atoms with Crippen molar-refractivity contribution in [2.75, 3.05) is 0 Å². The summed E-state index contributed by atoms with van der Waals surface area (Å²) in [5.41, 5.74) is 0.554. The highest BCUT2D eigenvalue weighted by molar-refractivity contribution is 7.15. The molecular weight excluding hydrogens is 239 g/mol. The van der Waals surface area contributed by atoms with Crippen LogP contribution in [0.15, 0.2) is 30.5 Å². The van der Waals surface area contributed by atoms with Crippen molar-refractivity contribution >= 4 is 11.3 Å². The summed E-state index contributed by atoms with van der Waals surface area (Å²) in [6.07, 6.45) is -3.54. The molecule has 84 valence electrons. The molecule has 1 heterocycles. The first kappa shape index (κ1) is 10.9. The van der Waals surface area contributed by atoms with Gasteiger partial charge in [0.25, 0.3) is 0 Å². The maximum atomic E-state index is 12.3. The number of phenols is 1. The Morgan fingerprint density at radius 3 is 2.25 bits per heavy atom. The number of rotatable bonds is 1. The maximum Gasteiger partial charge on any atom is 0.427 e. The predicted molar refractivity (Wildman–Crippen MR) is 54.2 cm³/mol. The second kappa shape index (κ2) is 3.79. The van der Waals surface area contributed by atoms with E-state index in [4.69, 9.17) is 5.11 Å². The van der Waals surface area contributed by atoms with Gasteiger partial charge in [0.15, 0.2) is 0 Å². The van der Waals surface area contributed by atoms with Crippen LogP contribution >= 0.6 is 11.3 Å². The van der Waals surface area contributed by atoms with Gasteiger partial charge in [-0.05, 0) is 24.3 Å². The number of aromatic nitrogens is 1. The van der Waals surface area contributed by atoms with E-state index in [2.05, 4.69) is 4.98 Å². The number of aromatic hydroxyl groups is 1. The molecule has 0 saturated carbocycles. The van der Waals surface area contributed by atoms with E-state index in [1.807, 2.05) is 0 Å². The molecule has 2 rings (SSSR count). The zero-order valence-corrected chi connectivity index (χ0v) is 8.64. The lowest BCUT2D eigenvalue weighted by molar-refractivity contribution is -0.134. The molecule has 0 aliphatic carbocycles. The number of alkyl halides is 3. The molecule has 6 heteroatoms. The first-order valence-corrected chi connectivity index (χ1v) is 5.11. The Morgan fingerprint density at radius 2 is 1.75 bits per heavy atom. The Kier molecular flexibility index (Phi) is 2.59. The molecule has 16 heavy (non-hydrogen) atoms. The summed E-state index contributed by atoms with van der Waals surface area (Å²) < 4.78 is 36.9. The molecule has 0 atom stereocenters. The third-order valence-electron chi connectivity index (χ3n) is 1.90. The van der Waals surface area contributed by atoms with Crippen molar-refractivity contribution in [1.29, 1.82) is 0 Å². The van der Waals surface area contributed by atoms with E-state index < -0.39 is 11.1 Å². The van der Waals surface area contributed by atoms with Gasteiger partial charge in [0.2, 0.25) is 0 Å². The standard InChI is InChI=1S/C10H6F3NOS/c11-10(12,13)8-5-14-9(16-8)6-1-3-7(15)4-2-6/h1-5,15H. The summed E-state index contributed by atoms with van der Waals surface area (Å²) in [6.45, 7) is 0. The first-order valence-electron chi connectivity index (χ1n) is 4.29. The van der Waals surface area contributed by atoms with Crippen molar-refractivity contribution in [2.45, 2.75) is 6.18 Å². The minimum atomic E-state index is -4.35. The minimum absolute atomic E-state index is 0.0661. The van der Waals surface area contributed by atoms with Crippen molar-refractivity contribution in [3.05, 3.63) is 35.3 Å². The molecule has 0 saturated heterocycles. The fourth-order valence-corrected chi connectivity index (χ4v) is 1.93. The van der Waals surface area contributed by atoms with Crippen LogP contribution in [0.4, 0.5) is 13.2 Å². The van der Waals surface area contributed by atoms with E-state index in [0.717, 1.165) is 6.20 Å². The zero-order chi connectivity index (χ0) is 11.8. The van der Waals surface area contributed by atoms with Crippen molar-refractivity contribution in [3.63, 3.8) is 0 Å². The third kappa shape index (κ3) is 2.16. The molecule has 0 aliphatic rings. The highest BCUT2D eigenvalue weighted by atomic mass is 32.1. The maximum absolute atomic E-state index is 12.3. The number of hydrogen-bond donors (Lipinski definition) is 1. The van der Waals surface area contributed by atoms with E-state index in [1.54, 1.807) is 0 Å². The van der Waals surface area contributed by atoms with Crippen LogP contribution in [-0.4, -0.2) is 10.1 Å². The second-order valence-corrected chi connectivity index (χ2v) is 4.10. The molecule has 0 fully saturated rings. The molecular formula is C10H6F3NOS. The first-order chi connectivity index (χ1) is 7.47. The molecule has 0 aliphatic heterocycles. The van der Waals surface area contributed by atoms with Crippen LogP contribution < -0.4 is 0 Å². The fraction of sp³-hybridized carbons (Fsp3) is 0.100. The lowest BCUT2D eigenvalue weighted by Gasteiger charge is -1.99. The Labute approximate surface area is 93.0 Å². The molecule has 0 spiro atoms. The zero-order valence-electron chi connectivity index (χ0n) is 7.82. The van der Waals surface area contributed by atoms with Gasteiger partial charge in [-0.2, -0.15) is 13.2 Å². The van der Waals surface area contributed by atoms with Crippen LogP contribution in [0.1, 0.15) is 4.88 Å². The normalized spacial score (nSPS) is 11.7. The van der Waals surface area contributed by atoms with Crippen LogP contribution in [0.25, 0.3) is 10.6 Å². The van der Waals surface area contributed by atoms with Crippen LogP contribution in [0.3, 0.4) is 0 Å². The summed E-state index contributed by atoms with van der Waals surface area (Å²) in [6, 6.07) is 5.86. The largest absolute Gasteiger partial charge is 0.508 e. The van der Waals surface area contributed by atoms with Crippen molar-refractivity contribution < 1.29 is 18.3 Å². The number of nitrogens with zero attached hydrogens (tertiary/aromatic N) is 1. The summed E-state index contributed by atoms with van der Waals surface area (Å²) >= 11 is 0.581. The van der Waals surface area contributed by atoms with Gasteiger partial charge in [-0.25, -0.2) is 4.98 Å². The summed E-state index contributed by atoms with van der Waals surface area (Å²) in [5.74, 6) is 0.0661. The van der Waals surface area contributed by atoms with Gasteiger partial charge in [-0.15, -0.1) is 11.3 Å². The monoisotopic (exact) mass is 245 g/mol. The summed E-state index contributed by atoms with van der Waals surface area (Å²) in [5, 5.41) is 9.33. The van der Waals surface area contributed by atoms with E-state index >= 15 is 0 Å². The van der Waals surface area contributed by atoms with Crippen LogP contribution in [0.5, 0.6) is 5.75 Å². The molecule has 0 amide bonds. The van der Waals surface area contributed by atoms with Crippen LogP contribution in [-0.2, 0) is 6.18 Å². The molecule has 0 bridgehead atoms. The SMILES string of the molecule is Oc1ccc(-c2ncc(C(F)(F)F)s2)cc1. The van der Waals surface area contributed by atoms with Crippen molar-refractivity contribution in [1.82, 2.24) is 4.98 Å². The third-order valence-corrected chi connectivity index (χ3v) is 2.99. The van der Waals surface area contributed by atoms with Gasteiger partial charge in [0, 0.05) is 5.56 Å². The molecule has 1 aromatic carbocycles. The molecule has 0 radical (unpaired) electrons. The number of hydrogen-bond acceptors (Lipinski definition) is 3. The van der Waals surface area contributed by atoms with Gasteiger partial charge in [-0.1, -0.05) is 0 Å². The van der Waals surface area contributed by atoms with E-state index in [0.29, 0.717) is 16.9 Å². The lowest BCUT2D eigenvalue weighted by Crippen LogP contribution is -2.00. The Morgan fingerprint density at radius 1 is 1.12 bits per heavy atom.